The molecule has 198 valence electrons. The van der Waals surface area contributed by atoms with Gasteiger partial charge in [0.1, 0.15) is 6.07 Å². The van der Waals surface area contributed by atoms with Gasteiger partial charge in [0.15, 0.2) is 5.82 Å². The van der Waals surface area contributed by atoms with Crippen LogP contribution in [0.4, 0.5) is 22.9 Å². The highest BCUT2D eigenvalue weighted by atomic mass is 16.3. The second-order valence-electron chi connectivity index (χ2n) is 10.5. The molecule has 5 rings (SSSR count). The number of piperidine rings is 1. The Bertz CT molecular complexity index is 1300. The standard InChI is InChI=1S/C30H37N7O/c1-21-17-22(2)30(36-15-16-37(26(19-36)20-38)27-8-5-4-7-24(27)18-31)23(3)29(21)33-25-10-13-35(14-11-25)28-9-6-12-32-34-28/h4-9,12,17,25-26,33,38H,10-11,13-16,19-20H2,1-3H3/t26-/m0/s1. The fraction of sp³-hybridized carbons (Fsp3) is 0.433. The van der Waals surface area contributed by atoms with Crippen LogP contribution in [0.1, 0.15) is 35.1 Å². The number of aliphatic hydroxyl groups is 1. The zero-order valence-corrected chi connectivity index (χ0v) is 22.6. The van der Waals surface area contributed by atoms with Crippen molar-refractivity contribution >= 4 is 22.9 Å². The molecule has 0 bridgehead atoms. The summed E-state index contributed by atoms with van der Waals surface area (Å²) in [7, 11) is 0. The highest BCUT2D eigenvalue weighted by Crippen LogP contribution is 2.37. The highest BCUT2D eigenvalue weighted by Gasteiger charge is 2.30. The Morgan fingerprint density at radius 3 is 2.50 bits per heavy atom. The number of piperazine rings is 1. The van der Waals surface area contributed by atoms with Crippen molar-refractivity contribution in [3.63, 3.8) is 0 Å². The molecule has 0 saturated carbocycles. The minimum Gasteiger partial charge on any atom is -0.394 e. The number of anilines is 4. The number of rotatable bonds is 6. The second-order valence-corrected chi connectivity index (χ2v) is 10.5. The van der Waals surface area contributed by atoms with Gasteiger partial charge in [0.2, 0.25) is 0 Å². The minimum absolute atomic E-state index is 0.0374. The smallest absolute Gasteiger partial charge is 0.151 e. The summed E-state index contributed by atoms with van der Waals surface area (Å²) in [6.07, 6.45) is 3.80. The average molecular weight is 512 g/mol. The number of para-hydroxylation sites is 1. The molecular weight excluding hydrogens is 474 g/mol. The number of aryl methyl sites for hydroxylation is 2. The van der Waals surface area contributed by atoms with E-state index in [1.807, 2.05) is 36.4 Å². The first-order valence-electron chi connectivity index (χ1n) is 13.5. The van der Waals surface area contributed by atoms with Gasteiger partial charge >= 0.3 is 0 Å². The fourth-order valence-corrected chi connectivity index (χ4v) is 6.15. The Morgan fingerprint density at radius 2 is 1.79 bits per heavy atom. The molecule has 2 fully saturated rings. The van der Waals surface area contributed by atoms with Crippen LogP contribution >= 0.6 is 0 Å². The molecule has 3 heterocycles. The summed E-state index contributed by atoms with van der Waals surface area (Å²) in [4.78, 5) is 6.92. The zero-order valence-electron chi connectivity index (χ0n) is 22.6. The molecule has 3 aromatic rings. The SMILES string of the molecule is Cc1cc(C)c(N2CCN(c3ccccc3C#N)[C@H](CO)C2)c(C)c1NC1CCN(c2cccnn2)CC1. The molecule has 2 aliphatic heterocycles. The summed E-state index contributed by atoms with van der Waals surface area (Å²) >= 11 is 0. The molecule has 2 aliphatic rings. The number of nitrogens with zero attached hydrogens (tertiary/aromatic N) is 6. The summed E-state index contributed by atoms with van der Waals surface area (Å²) in [5, 5.41) is 32.1. The molecule has 0 unspecified atom stereocenters. The first-order chi connectivity index (χ1) is 18.5. The van der Waals surface area contributed by atoms with E-state index in [-0.39, 0.29) is 12.6 Å². The molecule has 0 radical (unpaired) electrons. The first kappa shape index (κ1) is 25.8. The van der Waals surface area contributed by atoms with Crippen molar-refractivity contribution in [3.05, 3.63) is 70.9 Å². The summed E-state index contributed by atoms with van der Waals surface area (Å²) in [5.74, 6) is 0.950. The molecule has 0 aliphatic carbocycles. The Balaban J connectivity index is 1.32. The molecule has 0 spiro atoms. The average Bonchev–Trinajstić information content (AvgIpc) is 2.96. The third-order valence-electron chi connectivity index (χ3n) is 8.00. The van der Waals surface area contributed by atoms with Gasteiger partial charge in [0, 0.05) is 56.3 Å². The van der Waals surface area contributed by atoms with E-state index in [1.54, 1.807) is 6.20 Å². The maximum Gasteiger partial charge on any atom is 0.151 e. The van der Waals surface area contributed by atoms with Gasteiger partial charge in [-0.05, 0) is 74.6 Å². The molecule has 8 nitrogen and oxygen atoms in total. The van der Waals surface area contributed by atoms with E-state index in [0.717, 1.165) is 50.5 Å². The van der Waals surface area contributed by atoms with Crippen LogP contribution in [0.3, 0.4) is 0 Å². The van der Waals surface area contributed by atoms with Gasteiger partial charge in [0.25, 0.3) is 0 Å². The van der Waals surface area contributed by atoms with Crippen LogP contribution in [-0.2, 0) is 0 Å². The van der Waals surface area contributed by atoms with Crippen LogP contribution in [0, 0.1) is 32.1 Å². The number of benzene rings is 2. The predicted octanol–water partition coefficient (Wildman–Crippen LogP) is 4.04. The van der Waals surface area contributed by atoms with Gasteiger partial charge in [-0.1, -0.05) is 18.2 Å². The van der Waals surface area contributed by atoms with Gasteiger partial charge in [-0.3, -0.25) is 0 Å². The second kappa shape index (κ2) is 11.3. The number of nitriles is 1. The lowest BCUT2D eigenvalue weighted by molar-refractivity contribution is 0.253. The first-order valence-corrected chi connectivity index (χ1v) is 13.5. The van der Waals surface area contributed by atoms with E-state index in [0.29, 0.717) is 18.2 Å². The lowest BCUT2D eigenvalue weighted by atomic mass is 9.97. The van der Waals surface area contributed by atoms with E-state index < -0.39 is 0 Å². The van der Waals surface area contributed by atoms with Gasteiger partial charge in [-0.25, -0.2) is 0 Å². The zero-order chi connectivity index (χ0) is 26.6. The van der Waals surface area contributed by atoms with E-state index in [4.69, 9.17) is 0 Å². The Hall–Kier alpha value is -3.83. The van der Waals surface area contributed by atoms with Crippen molar-refractivity contribution in [1.82, 2.24) is 10.2 Å². The lowest BCUT2D eigenvalue weighted by Gasteiger charge is -2.44. The van der Waals surface area contributed by atoms with E-state index in [9.17, 15) is 10.4 Å². The normalized spacial score (nSPS) is 18.4. The summed E-state index contributed by atoms with van der Waals surface area (Å²) in [6.45, 7) is 10.8. The third-order valence-corrected chi connectivity index (χ3v) is 8.00. The molecule has 38 heavy (non-hydrogen) atoms. The van der Waals surface area contributed by atoms with Crippen molar-refractivity contribution in [2.45, 2.75) is 45.7 Å². The molecule has 0 amide bonds. The van der Waals surface area contributed by atoms with E-state index in [2.05, 4.69) is 63.1 Å². The summed E-state index contributed by atoms with van der Waals surface area (Å²) < 4.78 is 0. The van der Waals surface area contributed by atoms with Crippen molar-refractivity contribution in [2.24, 2.45) is 0 Å². The quantitative estimate of drug-likeness (QED) is 0.512. The van der Waals surface area contributed by atoms with E-state index in [1.165, 1.54) is 28.1 Å². The topological polar surface area (TPSA) is 91.5 Å². The van der Waals surface area contributed by atoms with Gasteiger partial charge < -0.3 is 25.1 Å². The molecule has 2 aromatic carbocycles. The monoisotopic (exact) mass is 511 g/mol. The molecule has 2 saturated heterocycles. The van der Waals surface area contributed by atoms with Crippen LogP contribution < -0.4 is 20.0 Å². The largest absolute Gasteiger partial charge is 0.394 e. The van der Waals surface area contributed by atoms with Crippen LogP contribution in [0.5, 0.6) is 0 Å². The van der Waals surface area contributed by atoms with Crippen molar-refractivity contribution in [2.75, 3.05) is 59.3 Å². The third kappa shape index (κ3) is 5.11. The lowest BCUT2D eigenvalue weighted by Crippen LogP contribution is -2.55. The van der Waals surface area contributed by atoms with E-state index >= 15 is 0 Å². The van der Waals surface area contributed by atoms with Crippen LogP contribution in [0.2, 0.25) is 0 Å². The highest BCUT2D eigenvalue weighted by molar-refractivity contribution is 5.74. The molecular formula is C30H37N7O. The van der Waals surface area contributed by atoms with Gasteiger partial charge in [-0.2, -0.15) is 10.4 Å². The number of hydrogen-bond acceptors (Lipinski definition) is 8. The fourth-order valence-electron chi connectivity index (χ4n) is 6.15. The maximum absolute atomic E-state index is 10.3. The summed E-state index contributed by atoms with van der Waals surface area (Å²) in [6, 6.07) is 16.6. The van der Waals surface area contributed by atoms with Gasteiger partial charge in [0.05, 0.1) is 23.9 Å². The molecule has 8 heteroatoms. The molecule has 1 aromatic heterocycles. The molecule has 2 N–H and O–H groups in total. The van der Waals surface area contributed by atoms with Crippen LogP contribution in [0.15, 0.2) is 48.7 Å². The number of aromatic nitrogens is 2. The Kier molecular flexibility index (Phi) is 7.66. The predicted molar refractivity (Wildman–Crippen MR) is 153 cm³/mol. The summed E-state index contributed by atoms with van der Waals surface area (Å²) in [5.41, 5.74) is 7.82. The maximum atomic E-state index is 10.3. The Labute approximate surface area is 225 Å². The van der Waals surface area contributed by atoms with Gasteiger partial charge in [-0.15, -0.1) is 5.10 Å². The number of aliphatic hydroxyl groups excluding tert-OH is 1. The van der Waals surface area contributed by atoms with Crippen molar-refractivity contribution < 1.29 is 5.11 Å². The van der Waals surface area contributed by atoms with Crippen molar-refractivity contribution in [1.29, 1.82) is 5.26 Å². The Morgan fingerprint density at radius 1 is 1.00 bits per heavy atom. The molecule has 1 atom stereocenters. The van der Waals surface area contributed by atoms with Crippen LogP contribution in [0.25, 0.3) is 0 Å². The van der Waals surface area contributed by atoms with Crippen LogP contribution in [-0.4, -0.2) is 66.7 Å². The van der Waals surface area contributed by atoms with Crippen molar-refractivity contribution in [3.8, 4) is 6.07 Å². The minimum atomic E-state index is -0.0832. The number of hydrogen-bond donors (Lipinski definition) is 2. The number of nitrogens with one attached hydrogen (secondary N) is 1.